The van der Waals surface area contributed by atoms with E-state index in [4.69, 9.17) is 0 Å². The van der Waals surface area contributed by atoms with E-state index in [1.807, 2.05) is 0 Å². The van der Waals surface area contributed by atoms with Gasteiger partial charge >= 0.3 is 0 Å². The predicted molar refractivity (Wildman–Crippen MR) is 86.2 cm³/mol. The van der Waals surface area contributed by atoms with Crippen LogP contribution in [-0.2, 0) is 11.2 Å². The summed E-state index contributed by atoms with van der Waals surface area (Å²) in [6.07, 6.45) is 4.98. The van der Waals surface area contributed by atoms with Crippen LogP contribution in [0.15, 0.2) is 18.2 Å². The van der Waals surface area contributed by atoms with E-state index < -0.39 is 0 Å². The molecule has 0 aromatic heterocycles. The van der Waals surface area contributed by atoms with Gasteiger partial charge in [0.05, 0.1) is 0 Å². The summed E-state index contributed by atoms with van der Waals surface area (Å²) in [4.78, 5) is 11.7. The number of anilines is 1. The van der Waals surface area contributed by atoms with Crippen molar-refractivity contribution in [1.82, 2.24) is 5.32 Å². The van der Waals surface area contributed by atoms with E-state index in [2.05, 4.69) is 49.6 Å². The second-order valence-corrected chi connectivity index (χ2v) is 5.20. The zero-order valence-electron chi connectivity index (χ0n) is 13.1. The lowest BCUT2D eigenvalue weighted by Gasteiger charge is -2.14. The minimum atomic E-state index is 0.139. The van der Waals surface area contributed by atoms with Gasteiger partial charge in [0, 0.05) is 25.2 Å². The summed E-state index contributed by atoms with van der Waals surface area (Å²) in [6, 6.07) is 6.33. The van der Waals surface area contributed by atoms with Crippen LogP contribution in [0.3, 0.4) is 0 Å². The Morgan fingerprint density at radius 2 is 1.95 bits per heavy atom. The highest BCUT2D eigenvalue weighted by atomic mass is 16.1. The maximum absolute atomic E-state index is 11.7. The Morgan fingerprint density at radius 1 is 1.15 bits per heavy atom. The highest BCUT2D eigenvalue weighted by Gasteiger charge is 2.05. The van der Waals surface area contributed by atoms with Crippen molar-refractivity contribution in [2.45, 2.75) is 52.9 Å². The van der Waals surface area contributed by atoms with Gasteiger partial charge < -0.3 is 10.6 Å². The maximum atomic E-state index is 11.7. The third-order valence-electron chi connectivity index (χ3n) is 3.50. The van der Waals surface area contributed by atoms with Gasteiger partial charge in [-0.25, -0.2) is 0 Å². The fraction of sp³-hybridized carbons (Fsp3) is 0.588. The molecular weight excluding hydrogens is 248 g/mol. The van der Waals surface area contributed by atoms with Crippen molar-refractivity contribution in [3.05, 3.63) is 29.3 Å². The molecule has 3 heteroatoms. The Balaban J connectivity index is 2.32. The van der Waals surface area contributed by atoms with Crippen LogP contribution in [0, 0.1) is 6.92 Å². The molecule has 1 aromatic carbocycles. The van der Waals surface area contributed by atoms with Crippen molar-refractivity contribution in [1.29, 1.82) is 0 Å². The number of aryl methyl sites for hydroxylation is 2. The molecule has 1 aromatic rings. The second kappa shape index (κ2) is 9.40. The molecule has 1 rings (SSSR count). The molecule has 0 aliphatic carbocycles. The molecule has 0 aliphatic heterocycles. The number of hydrogen-bond acceptors (Lipinski definition) is 2. The highest BCUT2D eigenvalue weighted by molar-refractivity contribution is 5.76. The average Bonchev–Trinajstić information content (AvgIpc) is 2.45. The van der Waals surface area contributed by atoms with Crippen molar-refractivity contribution < 1.29 is 4.79 Å². The largest absolute Gasteiger partial charge is 0.384 e. The molecule has 0 unspecified atom stereocenters. The summed E-state index contributed by atoms with van der Waals surface area (Å²) < 4.78 is 0. The van der Waals surface area contributed by atoms with Gasteiger partial charge in [-0.1, -0.05) is 44.9 Å². The normalized spacial score (nSPS) is 10.3. The van der Waals surface area contributed by atoms with Crippen molar-refractivity contribution in [3.8, 4) is 0 Å². The zero-order valence-corrected chi connectivity index (χ0v) is 13.1. The van der Waals surface area contributed by atoms with E-state index in [0.717, 1.165) is 19.4 Å². The number of benzene rings is 1. The standard InChI is InChI=1S/C17H28N2O/c1-4-6-7-12-18-16(20)11-13-19-17-14(3)9-8-10-15(17)5-2/h8-10,19H,4-7,11-13H2,1-3H3,(H,18,20). The molecule has 0 saturated carbocycles. The van der Waals surface area contributed by atoms with E-state index in [9.17, 15) is 4.79 Å². The predicted octanol–water partition coefficient (Wildman–Crippen LogP) is 3.67. The van der Waals surface area contributed by atoms with Crippen LogP contribution < -0.4 is 10.6 Å². The molecule has 20 heavy (non-hydrogen) atoms. The first-order chi connectivity index (χ1) is 9.69. The van der Waals surface area contributed by atoms with Crippen LogP contribution in [0.25, 0.3) is 0 Å². The van der Waals surface area contributed by atoms with Gasteiger partial charge in [-0.15, -0.1) is 0 Å². The van der Waals surface area contributed by atoms with Gasteiger partial charge in [0.2, 0.25) is 5.91 Å². The van der Waals surface area contributed by atoms with Crippen molar-refractivity contribution >= 4 is 11.6 Å². The smallest absolute Gasteiger partial charge is 0.221 e. The fourth-order valence-corrected chi connectivity index (χ4v) is 2.27. The Labute approximate surface area is 123 Å². The number of para-hydroxylation sites is 1. The third kappa shape index (κ3) is 5.64. The van der Waals surface area contributed by atoms with Crippen molar-refractivity contribution in [3.63, 3.8) is 0 Å². The number of carbonyl (C=O) groups excluding carboxylic acids is 1. The van der Waals surface area contributed by atoms with Crippen LogP contribution in [0.2, 0.25) is 0 Å². The molecule has 0 saturated heterocycles. The van der Waals surface area contributed by atoms with Crippen molar-refractivity contribution in [2.75, 3.05) is 18.4 Å². The van der Waals surface area contributed by atoms with Crippen LogP contribution in [0.1, 0.15) is 50.7 Å². The van der Waals surface area contributed by atoms with Crippen LogP contribution >= 0.6 is 0 Å². The number of unbranched alkanes of at least 4 members (excludes halogenated alkanes) is 2. The van der Waals surface area contributed by atoms with Gasteiger partial charge in [0.15, 0.2) is 0 Å². The lowest BCUT2D eigenvalue weighted by molar-refractivity contribution is -0.120. The second-order valence-electron chi connectivity index (χ2n) is 5.20. The Kier molecular flexibility index (Phi) is 7.78. The molecule has 0 heterocycles. The molecule has 0 atom stereocenters. The van der Waals surface area contributed by atoms with Gasteiger partial charge in [0.25, 0.3) is 0 Å². The minimum Gasteiger partial charge on any atom is -0.384 e. The van der Waals surface area contributed by atoms with Gasteiger partial charge in [-0.3, -0.25) is 4.79 Å². The molecular formula is C17H28N2O. The lowest BCUT2D eigenvalue weighted by atomic mass is 10.1. The molecule has 0 aliphatic rings. The Bertz CT molecular complexity index is 415. The average molecular weight is 276 g/mol. The third-order valence-corrected chi connectivity index (χ3v) is 3.50. The first-order valence-electron chi connectivity index (χ1n) is 7.78. The molecule has 112 valence electrons. The molecule has 0 spiro atoms. The molecule has 3 nitrogen and oxygen atoms in total. The van der Waals surface area contributed by atoms with E-state index in [-0.39, 0.29) is 5.91 Å². The molecule has 0 fully saturated rings. The number of amides is 1. The molecule has 0 bridgehead atoms. The maximum Gasteiger partial charge on any atom is 0.221 e. The number of nitrogens with one attached hydrogen (secondary N) is 2. The summed E-state index contributed by atoms with van der Waals surface area (Å²) in [5.74, 6) is 0.139. The van der Waals surface area contributed by atoms with E-state index in [1.165, 1.54) is 29.7 Å². The molecule has 0 radical (unpaired) electrons. The highest BCUT2D eigenvalue weighted by Crippen LogP contribution is 2.20. The van der Waals surface area contributed by atoms with Crippen molar-refractivity contribution in [2.24, 2.45) is 0 Å². The summed E-state index contributed by atoms with van der Waals surface area (Å²) in [6.45, 7) is 7.92. The van der Waals surface area contributed by atoms with E-state index in [0.29, 0.717) is 13.0 Å². The minimum absolute atomic E-state index is 0.139. The van der Waals surface area contributed by atoms with Crippen LogP contribution in [-0.4, -0.2) is 19.0 Å². The first kappa shape index (κ1) is 16.5. The van der Waals surface area contributed by atoms with Crippen LogP contribution in [0.5, 0.6) is 0 Å². The topological polar surface area (TPSA) is 41.1 Å². The number of rotatable bonds is 9. The van der Waals surface area contributed by atoms with Gasteiger partial charge in [0.1, 0.15) is 0 Å². The quantitative estimate of drug-likeness (QED) is 0.676. The zero-order chi connectivity index (χ0) is 14.8. The monoisotopic (exact) mass is 276 g/mol. The van der Waals surface area contributed by atoms with E-state index >= 15 is 0 Å². The van der Waals surface area contributed by atoms with Gasteiger partial charge in [-0.2, -0.15) is 0 Å². The SMILES string of the molecule is CCCCCNC(=O)CCNc1c(C)cccc1CC. The Morgan fingerprint density at radius 3 is 2.65 bits per heavy atom. The summed E-state index contributed by atoms with van der Waals surface area (Å²) in [5, 5.41) is 6.37. The summed E-state index contributed by atoms with van der Waals surface area (Å²) in [7, 11) is 0. The van der Waals surface area contributed by atoms with Crippen LogP contribution in [0.4, 0.5) is 5.69 Å². The van der Waals surface area contributed by atoms with E-state index in [1.54, 1.807) is 0 Å². The lowest BCUT2D eigenvalue weighted by Crippen LogP contribution is -2.26. The molecule has 2 N–H and O–H groups in total. The van der Waals surface area contributed by atoms with Gasteiger partial charge in [-0.05, 0) is 30.9 Å². The summed E-state index contributed by atoms with van der Waals surface area (Å²) in [5.41, 5.74) is 3.75. The number of hydrogen-bond donors (Lipinski definition) is 2. The Hall–Kier alpha value is -1.51. The summed E-state index contributed by atoms with van der Waals surface area (Å²) >= 11 is 0. The number of carbonyl (C=O) groups is 1. The fourth-order valence-electron chi connectivity index (χ4n) is 2.27. The first-order valence-corrected chi connectivity index (χ1v) is 7.78. The molecule has 1 amide bonds.